The number of nitrogens with zero attached hydrogens (tertiary/aromatic N) is 1. The van der Waals surface area contributed by atoms with E-state index in [1.54, 1.807) is 24.3 Å². The second-order valence-electron chi connectivity index (χ2n) is 4.93. The topological polar surface area (TPSA) is 86.7 Å². The summed E-state index contributed by atoms with van der Waals surface area (Å²) in [6.07, 6.45) is 0.0652. The van der Waals surface area contributed by atoms with Gasteiger partial charge in [0.1, 0.15) is 0 Å². The first-order valence-corrected chi connectivity index (χ1v) is 6.87. The van der Waals surface area contributed by atoms with Crippen LogP contribution in [0.1, 0.15) is 16.8 Å². The van der Waals surface area contributed by atoms with E-state index >= 15 is 0 Å². The van der Waals surface area contributed by atoms with Crippen molar-refractivity contribution in [2.75, 3.05) is 19.6 Å². The number of hydrogen-bond acceptors (Lipinski definition) is 3. The molecule has 6 nitrogen and oxygen atoms in total. The highest BCUT2D eigenvalue weighted by Crippen LogP contribution is 2.19. The minimum atomic E-state index is -0.862. The third-order valence-electron chi connectivity index (χ3n) is 3.29. The van der Waals surface area contributed by atoms with Gasteiger partial charge < -0.3 is 15.3 Å². The predicted octanol–water partition coefficient (Wildman–Crippen LogP) is 1.00. The Morgan fingerprint density at radius 1 is 1.29 bits per heavy atom. The molecule has 0 saturated carbocycles. The molecule has 2 amide bonds. The van der Waals surface area contributed by atoms with Crippen molar-refractivity contribution in [1.29, 1.82) is 0 Å². The van der Waals surface area contributed by atoms with Crippen LogP contribution in [-0.2, 0) is 9.59 Å². The van der Waals surface area contributed by atoms with Gasteiger partial charge in [0.15, 0.2) is 0 Å². The van der Waals surface area contributed by atoms with Crippen LogP contribution in [0.5, 0.6) is 0 Å². The lowest BCUT2D eigenvalue weighted by Gasteiger charge is -2.38. The van der Waals surface area contributed by atoms with Crippen LogP contribution in [0.4, 0.5) is 0 Å². The number of rotatable bonds is 5. The van der Waals surface area contributed by atoms with Crippen molar-refractivity contribution < 1.29 is 19.5 Å². The molecule has 1 fully saturated rings. The Kier molecular flexibility index (Phi) is 4.80. The molecular formula is C14H15ClN2O4. The van der Waals surface area contributed by atoms with Crippen LogP contribution in [0.25, 0.3) is 0 Å². The summed E-state index contributed by atoms with van der Waals surface area (Å²) in [6, 6.07) is 6.58. The number of carbonyl (C=O) groups excluding carboxylic acids is 2. The average Bonchev–Trinajstić information content (AvgIpc) is 2.39. The molecule has 1 heterocycles. The number of carboxylic acid groups (broad SMARTS) is 1. The van der Waals surface area contributed by atoms with Crippen LogP contribution in [0.15, 0.2) is 24.3 Å². The molecule has 1 aromatic carbocycles. The first-order valence-electron chi connectivity index (χ1n) is 6.49. The van der Waals surface area contributed by atoms with Gasteiger partial charge in [-0.25, -0.2) is 0 Å². The van der Waals surface area contributed by atoms with E-state index in [0.717, 1.165) is 0 Å². The maximum atomic E-state index is 11.9. The Morgan fingerprint density at radius 2 is 1.95 bits per heavy atom. The highest BCUT2D eigenvalue weighted by atomic mass is 35.5. The predicted molar refractivity (Wildman–Crippen MR) is 76.1 cm³/mol. The first kappa shape index (κ1) is 15.3. The van der Waals surface area contributed by atoms with E-state index in [1.165, 1.54) is 4.90 Å². The lowest BCUT2D eigenvalue weighted by molar-refractivity contribution is -0.144. The van der Waals surface area contributed by atoms with Crippen molar-refractivity contribution in [2.45, 2.75) is 6.42 Å². The van der Waals surface area contributed by atoms with E-state index in [2.05, 4.69) is 5.32 Å². The molecule has 0 bridgehead atoms. The molecule has 1 aliphatic rings. The highest BCUT2D eigenvalue weighted by Gasteiger charge is 2.31. The molecule has 1 saturated heterocycles. The molecule has 0 atom stereocenters. The van der Waals surface area contributed by atoms with E-state index < -0.39 is 11.9 Å². The van der Waals surface area contributed by atoms with Gasteiger partial charge in [-0.05, 0) is 12.1 Å². The van der Waals surface area contributed by atoms with Crippen molar-refractivity contribution in [2.24, 2.45) is 5.92 Å². The fraction of sp³-hybridized carbons (Fsp3) is 0.357. The molecule has 1 aliphatic heterocycles. The number of hydrogen-bond donors (Lipinski definition) is 2. The van der Waals surface area contributed by atoms with Crippen molar-refractivity contribution in [1.82, 2.24) is 10.2 Å². The quantitative estimate of drug-likeness (QED) is 0.849. The number of aliphatic carboxylic acids is 1. The first-order chi connectivity index (χ1) is 9.97. The smallest absolute Gasteiger partial charge is 0.303 e. The molecule has 7 heteroatoms. The van der Waals surface area contributed by atoms with Gasteiger partial charge in [-0.2, -0.15) is 0 Å². The van der Waals surface area contributed by atoms with E-state index in [0.29, 0.717) is 23.7 Å². The number of halogens is 1. The lowest BCUT2D eigenvalue weighted by Crippen LogP contribution is -2.53. The minimum Gasteiger partial charge on any atom is -0.481 e. The van der Waals surface area contributed by atoms with Crippen molar-refractivity contribution in [3.05, 3.63) is 34.9 Å². The van der Waals surface area contributed by atoms with Gasteiger partial charge in [0, 0.05) is 19.0 Å². The summed E-state index contributed by atoms with van der Waals surface area (Å²) in [5.41, 5.74) is 0.319. The molecular weight excluding hydrogens is 296 g/mol. The standard InChI is InChI=1S/C14H15ClN2O4/c15-11-4-2-1-3-10(11)14(21)16-6-12(18)17-7-9(8-17)5-13(19)20/h1-4,9H,5-8H2,(H,16,21)(H,19,20). The molecule has 2 N–H and O–H groups in total. The fourth-order valence-electron chi connectivity index (χ4n) is 2.16. The zero-order valence-electron chi connectivity index (χ0n) is 11.2. The Labute approximate surface area is 126 Å². The molecule has 0 radical (unpaired) electrons. The van der Waals surface area contributed by atoms with Gasteiger partial charge in [-0.15, -0.1) is 0 Å². The summed E-state index contributed by atoms with van der Waals surface area (Å²) in [5, 5.41) is 11.5. The summed E-state index contributed by atoms with van der Waals surface area (Å²) < 4.78 is 0. The molecule has 112 valence electrons. The Morgan fingerprint density at radius 3 is 2.57 bits per heavy atom. The monoisotopic (exact) mass is 310 g/mol. The number of nitrogens with one attached hydrogen (secondary N) is 1. The molecule has 0 aromatic heterocycles. The molecule has 0 unspecified atom stereocenters. The van der Waals surface area contributed by atoms with Crippen molar-refractivity contribution in [3.63, 3.8) is 0 Å². The molecule has 21 heavy (non-hydrogen) atoms. The summed E-state index contributed by atoms with van der Waals surface area (Å²) in [7, 11) is 0. The third-order valence-corrected chi connectivity index (χ3v) is 3.62. The van der Waals surface area contributed by atoms with Crippen molar-refractivity contribution >= 4 is 29.4 Å². The number of carboxylic acids is 1. The SMILES string of the molecule is O=C(O)CC1CN(C(=O)CNC(=O)c2ccccc2Cl)C1. The van der Waals surface area contributed by atoms with Crippen LogP contribution in [0.3, 0.4) is 0 Å². The Bertz CT molecular complexity index is 570. The zero-order valence-corrected chi connectivity index (χ0v) is 12.0. The third kappa shape index (κ3) is 3.95. The van der Waals surface area contributed by atoms with E-state index in [9.17, 15) is 14.4 Å². The molecule has 1 aromatic rings. The summed E-state index contributed by atoms with van der Waals surface area (Å²) in [5.74, 6) is -1.49. The molecule has 0 aliphatic carbocycles. The second-order valence-corrected chi connectivity index (χ2v) is 5.33. The number of benzene rings is 1. The van der Waals surface area contributed by atoms with E-state index in [1.807, 2.05) is 0 Å². The normalized spacial score (nSPS) is 14.4. The maximum Gasteiger partial charge on any atom is 0.303 e. The van der Waals surface area contributed by atoms with E-state index in [4.69, 9.17) is 16.7 Å². The zero-order chi connectivity index (χ0) is 15.4. The van der Waals surface area contributed by atoms with Crippen molar-refractivity contribution in [3.8, 4) is 0 Å². The van der Waals surface area contributed by atoms with Crippen LogP contribution in [0.2, 0.25) is 5.02 Å². The number of amides is 2. The minimum absolute atomic E-state index is 0.00530. The Hall–Kier alpha value is -2.08. The summed E-state index contributed by atoms with van der Waals surface area (Å²) in [6.45, 7) is 0.726. The van der Waals surface area contributed by atoms with Crippen LogP contribution < -0.4 is 5.32 Å². The highest BCUT2D eigenvalue weighted by molar-refractivity contribution is 6.33. The summed E-state index contributed by atoms with van der Waals surface area (Å²) in [4.78, 5) is 35.7. The number of likely N-dealkylation sites (tertiary alicyclic amines) is 1. The fourth-order valence-corrected chi connectivity index (χ4v) is 2.38. The van der Waals surface area contributed by atoms with Gasteiger partial charge in [0.2, 0.25) is 5.91 Å². The van der Waals surface area contributed by atoms with Crippen LogP contribution in [0, 0.1) is 5.92 Å². The second kappa shape index (κ2) is 6.58. The van der Waals surface area contributed by atoms with Gasteiger partial charge >= 0.3 is 5.97 Å². The van der Waals surface area contributed by atoms with Gasteiger partial charge in [0.25, 0.3) is 5.91 Å². The van der Waals surface area contributed by atoms with Gasteiger partial charge in [0.05, 0.1) is 23.6 Å². The van der Waals surface area contributed by atoms with E-state index in [-0.39, 0.29) is 24.8 Å². The average molecular weight is 311 g/mol. The largest absolute Gasteiger partial charge is 0.481 e. The Balaban J connectivity index is 1.77. The van der Waals surface area contributed by atoms with Crippen LogP contribution in [-0.4, -0.2) is 47.4 Å². The van der Waals surface area contributed by atoms with Gasteiger partial charge in [-0.3, -0.25) is 14.4 Å². The van der Waals surface area contributed by atoms with Gasteiger partial charge in [-0.1, -0.05) is 23.7 Å². The lowest BCUT2D eigenvalue weighted by atomic mass is 9.96. The van der Waals surface area contributed by atoms with Crippen LogP contribution >= 0.6 is 11.6 Å². The molecule has 2 rings (SSSR count). The maximum absolute atomic E-state index is 11.9. The summed E-state index contributed by atoms with van der Waals surface area (Å²) >= 11 is 5.89. The molecule has 0 spiro atoms. The number of carbonyl (C=O) groups is 3.